The van der Waals surface area contributed by atoms with Crippen molar-refractivity contribution in [1.29, 1.82) is 0 Å². The third-order valence-corrected chi connectivity index (χ3v) is 9.66. The molecule has 3 aliphatic rings. The number of rotatable bonds is 10. The molecule has 6 heterocycles. The van der Waals surface area contributed by atoms with Gasteiger partial charge in [-0.2, -0.15) is 5.10 Å². The molecule has 3 saturated heterocycles. The fraction of sp³-hybridized carbons (Fsp3) is 0.314. The number of nitrogen functional groups attached to an aromatic ring is 1. The fourth-order valence-corrected chi connectivity index (χ4v) is 6.89. The molecule has 17 heteroatoms. The molecule has 1 spiro atoms. The summed E-state index contributed by atoms with van der Waals surface area (Å²) in [6.07, 6.45) is 0.601. The molecule has 270 valence electrons. The Kier molecular flexibility index (Phi) is 8.25. The summed E-state index contributed by atoms with van der Waals surface area (Å²) in [6.45, 7) is 3.83. The van der Waals surface area contributed by atoms with Crippen molar-refractivity contribution in [2.45, 2.75) is 31.4 Å². The lowest BCUT2D eigenvalue weighted by Gasteiger charge is -2.35. The predicted molar refractivity (Wildman–Crippen MR) is 180 cm³/mol. The predicted octanol–water partition coefficient (Wildman–Crippen LogP) is 4.96. The molecule has 2 amide bonds. The number of anilines is 2. The molecule has 0 radical (unpaired) electrons. The summed E-state index contributed by atoms with van der Waals surface area (Å²) in [5.74, 6) is -2.90. The standard InChI is InChI=1S/C35H32F4N8O5/c1-18-7-30(52-32-22(36)3-2-4-23(32)37)41-12-27(18)47-33(40)21(11-42-47)31(48)25-8-19-9-28(51-15-29(38)39)26(10-24(19)43-25)46-17-35(44-34(46)49)5-6-45(16-35)20-13-50-14-20/h2-4,7-12,20,29,43H,5-6,13-17,40H2,1H3,(H,44,49). The second-order valence-corrected chi connectivity index (χ2v) is 13.1. The van der Waals surface area contributed by atoms with E-state index in [1.165, 1.54) is 46.2 Å². The van der Waals surface area contributed by atoms with Gasteiger partial charge < -0.3 is 30.2 Å². The molecular formula is C35H32F4N8O5. The van der Waals surface area contributed by atoms with Crippen LogP contribution in [0.1, 0.15) is 28.0 Å². The zero-order valence-electron chi connectivity index (χ0n) is 27.7. The molecule has 0 bridgehead atoms. The van der Waals surface area contributed by atoms with Crippen molar-refractivity contribution >= 4 is 34.2 Å². The van der Waals surface area contributed by atoms with Gasteiger partial charge in [-0.15, -0.1) is 0 Å². The lowest BCUT2D eigenvalue weighted by atomic mass is 10.00. The van der Waals surface area contributed by atoms with Crippen LogP contribution in [0.5, 0.6) is 17.4 Å². The van der Waals surface area contributed by atoms with E-state index in [0.717, 1.165) is 25.1 Å². The lowest BCUT2D eigenvalue weighted by molar-refractivity contribution is -0.0585. The Balaban J connectivity index is 1.06. The van der Waals surface area contributed by atoms with Gasteiger partial charge in [-0.3, -0.25) is 14.6 Å². The third-order valence-electron chi connectivity index (χ3n) is 9.66. The first-order valence-corrected chi connectivity index (χ1v) is 16.4. The normalized spacial score (nSPS) is 19.2. The van der Waals surface area contributed by atoms with Crippen LogP contribution < -0.4 is 25.4 Å². The number of urea groups is 1. The van der Waals surface area contributed by atoms with Gasteiger partial charge >= 0.3 is 6.03 Å². The number of ether oxygens (including phenoxy) is 3. The van der Waals surface area contributed by atoms with Crippen LogP contribution in [0, 0.1) is 18.6 Å². The molecule has 0 saturated carbocycles. The van der Waals surface area contributed by atoms with Gasteiger partial charge in [0.05, 0.1) is 66.4 Å². The van der Waals surface area contributed by atoms with Crippen LogP contribution in [-0.2, 0) is 4.74 Å². The summed E-state index contributed by atoms with van der Waals surface area (Å²) in [5.41, 5.74) is 7.72. The number of carbonyl (C=O) groups is 2. The number of hydrogen-bond donors (Lipinski definition) is 3. The lowest BCUT2D eigenvalue weighted by Crippen LogP contribution is -2.52. The van der Waals surface area contributed by atoms with Crippen molar-refractivity contribution in [3.05, 3.63) is 83.3 Å². The van der Waals surface area contributed by atoms with E-state index in [1.807, 2.05) is 0 Å². The van der Waals surface area contributed by atoms with Crippen molar-refractivity contribution in [3.8, 4) is 23.1 Å². The number of alkyl halides is 2. The molecule has 13 nitrogen and oxygen atoms in total. The van der Waals surface area contributed by atoms with E-state index in [0.29, 0.717) is 54.5 Å². The molecule has 3 aliphatic heterocycles. The van der Waals surface area contributed by atoms with Crippen molar-refractivity contribution in [2.75, 3.05) is 50.1 Å². The highest BCUT2D eigenvalue weighted by atomic mass is 19.3. The molecule has 5 aromatic rings. The summed E-state index contributed by atoms with van der Waals surface area (Å²) >= 11 is 0. The number of H-pyrrole nitrogens is 1. The highest BCUT2D eigenvalue weighted by Crippen LogP contribution is 2.39. The Morgan fingerprint density at radius 2 is 1.90 bits per heavy atom. The molecule has 8 rings (SSSR count). The number of nitrogens with zero attached hydrogens (tertiary/aromatic N) is 5. The molecule has 1 atom stereocenters. The molecule has 4 N–H and O–H groups in total. The van der Waals surface area contributed by atoms with Crippen molar-refractivity contribution in [1.82, 2.24) is 30.0 Å². The largest absolute Gasteiger partial charge is 0.485 e. The van der Waals surface area contributed by atoms with Gasteiger partial charge in [0.15, 0.2) is 11.6 Å². The van der Waals surface area contributed by atoms with Gasteiger partial charge in [-0.05, 0) is 49.2 Å². The first-order valence-electron chi connectivity index (χ1n) is 16.4. The molecule has 3 fully saturated rings. The van der Waals surface area contributed by atoms with Crippen molar-refractivity contribution in [3.63, 3.8) is 0 Å². The van der Waals surface area contributed by atoms with E-state index < -0.39 is 41.7 Å². The number of likely N-dealkylation sites (tertiary alicyclic amines) is 1. The Morgan fingerprint density at radius 1 is 1.12 bits per heavy atom. The maximum atomic E-state index is 14.1. The molecule has 1 unspecified atom stereocenters. The first kappa shape index (κ1) is 33.5. The minimum atomic E-state index is -2.75. The minimum Gasteiger partial charge on any atom is -0.485 e. The quantitative estimate of drug-likeness (QED) is 0.134. The van der Waals surface area contributed by atoms with Crippen LogP contribution in [0.4, 0.5) is 33.9 Å². The van der Waals surface area contributed by atoms with Crippen LogP contribution in [-0.4, -0.2) is 93.9 Å². The smallest absolute Gasteiger partial charge is 0.322 e. The number of nitrogens with two attached hydrogens (primary N) is 1. The average molecular weight is 721 g/mol. The number of aromatic nitrogens is 4. The van der Waals surface area contributed by atoms with Crippen molar-refractivity contribution in [2.24, 2.45) is 0 Å². The van der Waals surface area contributed by atoms with Crippen LogP contribution in [0.25, 0.3) is 16.6 Å². The number of hydrogen-bond acceptors (Lipinski definition) is 9. The van der Waals surface area contributed by atoms with E-state index in [1.54, 1.807) is 13.0 Å². The number of fused-ring (bicyclic) bond motifs is 1. The van der Waals surface area contributed by atoms with Gasteiger partial charge in [-0.25, -0.2) is 32.0 Å². The maximum absolute atomic E-state index is 14.1. The number of aromatic amines is 1. The van der Waals surface area contributed by atoms with E-state index in [4.69, 9.17) is 19.9 Å². The van der Waals surface area contributed by atoms with Crippen LogP contribution in [0.15, 0.2) is 54.9 Å². The topological polar surface area (TPSA) is 153 Å². The van der Waals surface area contributed by atoms with Gasteiger partial charge in [0.25, 0.3) is 6.43 Å². The summed E-state index contributed by atoms with van der Waals surface area (Å²) < 4.78 is 72.3. The van der Waals surface area contributed by atoms with Gasteiger partial charge in [0.1, 0.15) is 18.2 Å². The highest BCUT2D eigenvalue weighted by Gasteiger charge is 2.50. The summed E-state index contributed by atoms with van der Waals surface area (Å²) in [7, 11) is 0. The van der Waals surface area contributed by atoms with Crippen LogP contribution in [0.3, 0.4) is 0 Å². The second kappa shape index (κ2) is 12.8. The molecular weight excluding hydrogens is 688 g/mol. The van der Waals surface area contributed by atoms with E-state index in [-0.39, 0.29) is 40.4 Å². The summed E-state index contributed by atoms with van der Waals surface area (Å²) in [6, 6.07) is 9.38. The molecule has 3 aromatic heterocycles. The first-order chi connectivity index (χ1) is 25.0. The van der Waals surface area contributed by atoms with E-state index >= 15 is 0 Å². The monoisotopic (exact) mass is 720 g/mol. The Labute approximate surface area is 293 Å². The number of para-hydroxylation sites is 1. The third kappa shape index (κ3) is 5.94. The molecule has 52 heavy (non-hydrogen) atoms. The SMILES string of the molecule is Cc1cc(Oc2c(F)cccc2F)ncc1-n1ncc(C(=O)c2cc3cc(OCC(F)F)c(N4CC5(CCN(C6COC6)C5)NC4=O)cc3[nH]2)c1N. The number of aryl methyl sites for hydroxylation is 1. The zero-order chi connectivity index (χ0) is 36.3. The number of carbonyl (C=O) groups excluding carboxylic acids is 2. The average Bonchev–Trinajstić information content (AvgIpc) is 3.86. The molecule has 0 aliphatic carbocycles. The fourth-order valence-electron chi connectivity index (χ4n) is 6.89. The number of ketones is 1. The van der Waals surface area contributed by atoms with E-state index in [9.17, 15) is 27.2 Å². The zero-order valence-corrected chi connectivity index (χ0v) is 27.7. The number of nitrogens with one attached hydrogen (secondary N) is 2. The Bertz CT molecular complexity index is 2200. The number of halogens is 4. The number of amides is 2. The highest BCUT2D eigenvalue weighted by molar-refractivity contribution is 6.13. The minimum absolute atomic E-state index is 0.0119. The molecule has 2 aromatic carbocycles. The van der Waals surface area contributed by atoms with Gasteiger partial charge in [-0.1, -0.05) is 6.07 Å². The Hall–Kier alpha value is -5.68. The number of pyridine rings is 1. The summed E-state index contributed by atoms with van der Waals surface area (Å²) in [5, 5.41) is 7.88. The second-order valence-electron chi connectivity index (χ2n) is 13.1. The maximum Gasteiger partial charge on any atom is 0.322 e. The van der Waals surface area contributed by atoms with Gasteiger partial charge in [0, 0.05) is 30.1 Å². The number of benzene rings is 2. The summed E-state index contributed by atoms with van der Waals surface area (Å²) in [4.78, 5) is 38.1. The van der Waals surface area contributed by atoms with Crippen molar-refractivity contribution < 1.29 is 41.4 Å². The van der Waals surface area contributed by atoms with Gasteiger partial charge in [0.2, 0.25) is 17.4 Å². The van der Waals surface area contributed by atoms with Crippen LogP contribution in [0.2, 0.25) is 0 Å². The van der Waals surface area contributed by atoms with E-state index in [2.05, 4.69) is 25.3 Å². The van der Waals surface area contributed by atoms with Crippen LogP contribution >= 0.6 is 0 Å². The Morgan fingerprint density at radius 3 is 2.62 bits per heavy atom.